The van der Waals surface area contributed by atoms with E-state index < -0.39 is 12.1 Å². The average Bonchev–Trinajstić information content (AvgIpc) is 2.85. The van der Waals surface area contributed by atoms with E-state index in [4.69, 9.17) is 4.74 Å². The molecule has 1 aliphatic carbocycles. The molecule has 1 unspecified atom stereocenters. The lowest BCUT2D eigenvalue weighted by Crippen LogP contribution is -2.30. The minimum absolute atomic E-state index is 0.0430. The minimum atomic E-state index is -0.573. The highest BCUT2D eigenvalue weighted by Crippen LogP contribution is 2.24. The predicted molar refractivity (Wildman–Crippen MR) is 87.9 cm³/mol. The van der Waals surface area contributed by atoms with Crippen LogP contribution in [0.2, 0.25) is 0 Å². The summed E-state index contributed by atoms with van der Waals surface area (Å²) in [5.74, 6) is -0.359. The van der Waals surface area contributed by atoms with E-state index in [1.807, 2.05) is 54.8 Å². The smallest absolute Gasteiger partial charge is 0.340 e. The number of carbonyl (C=O) groups excluding carboxylic acids is 2. The Balaban J connectivity index is 1.86. The normalized spacial score (nSPS) is 18.0. The van der Waals surface area contributed by atoms with Gasteiger partial charge in [0.05, 0.1) is 5.56 Å². The molecule has 23 heavy (non-hydrogen) atoms. The van der Waals surface area contributed by atoms with E-state index in [0.29, 0.717) is 18.4 Å². The fourth-order valence-electron chi connectivity index (χ4n) is 3.21. The summed E-state index contributed by atoms with van der Waals surface area (Å²) in [6.07, 6.45) is 2.42. The SMILES string of the molecule is Cc1cc(C(=O)OC2CCCCC2=O)c(C)n1-c1ccccc1. The first kappa shape index (κ1) is 15.5. The molecule has 0 bridgehead atoms. The summed E-state index contributed by atoms with van der Waals surface area (Å²) in [6, 6.07) is 11.7. The lowest BCUT2D eigenvalue weighted by Gasteiger charge is -2.20. The third-order valence-corrected chi connectivity index (χ3v) is 4.41. The van der Waals surface area contributed by atoms with Crippen molar-refractivity contribution in [3.63, 3.8) is 0 Å². The third kappa shape index (κ3) is 3.07. The first-order valence-electron chi connectivity index (χ1n) is 8.06. The van der Waals surface area contributed by atoms with Crippen molar-refractivity contribution in [2.45, 2.75) is 45.6 Å². The van der Waals surface area contributed by atoms with Gasteiger partial charge in [-0.3, -0.25) is 4.79 Å². The zero-order valence-electron chi connectivity index (χ0n) is 13.5. The van der Waals surface area contributed by atoms with Gasteiger partial charge in [-0.1, -0.05) is 18.2 Å². The Kier molecular flexibility index (Phi) is 4.33. The highest BCUT2D eigenvalue weighted by molar-refractivity contribution is 5.94. The minimum Gasteiger partial charge on any atom is -0.451 e. The van der Waals surface area contributed by atoms with Gasteiger partial charge in [-0.2, -0.15) is 0 Å². The zero-order valence-corrected chi connectivity index (χ0v) is 13.5. The molecule has 4 nitrogen and oxygen atoms in total. The fourth-order valence-corrected chi connectivity index (χ4v) is 3.21. The molecule has 1 aliphatic rings. The van der Waals surface area contributed by atoms with Crippen LogP contribution < -0.4 is 0 Å². The van der Waals surface area contributed by atoms with Crippen molar-refractivity contribution in [3.05, 3.63) is 53.3 Å². The Morgan fingerprint density at radius 3 is 2.61 bits per heavy atom. The number of ether oxygens (including phenoxy) is 1. The van der Waals surface area contributed by atoms with Crippen LogP contribution in [0.4, 0.5) is 0 Å². The predicted octanol–water partition coefficient (Wildman–Crippen LogP) is 3.76. The van der Waals surface area contributed by atoms with Crippen LogP contribution in [0.5, 0.6) is 0 Å². The van der Waals surface area contributed by atoms with Gasteiger partial charge in [0.2, 0.25) is 0 Å². The molecule has 0 N–H and O–H groups in total. The van der Waals surface area contributed by atoms with Crippen LogP contribution in [-0.2, 0) is 9.53 Å². The molecule has 2 aromatic rings. The summed E-state index contributed by atoms with van der Waals surface area (Å²) < 4.78 is 7.50. The van der Waals surface area contributed by atoms with Crippen LogP contribution in [0.15, 0.2) is 36.4 Å². The quantitative estimate of drug-likeness (QED) is 0.811. The molecule has 0 saturated heterocycles. The number of esters is 1. The Morgan fingerprint density at radius 2 is 1.91 bits per heavy atom. The van der Waals surface area contributed by atoms with Gasteiger partial charge in [-0.15, -0.1) is 0 Å². The van der Waals surface area contributed by atoms with Gasteiger partial charge in [0.15, 0.2) is 11.9 Å². The number of carbonyl (C=O) groups is 2. The number of ketones is 1. The molecule has 1 heterocycles. The number of Topliss-reactive ketones (excluding diaryl/α,β-unsaturated/α-hetero) is 1. The monoisotopic (exact) mass is 311 g/mol. The number of hydrogen-bond donors (Lipinski definition) is 0. The third-order valence-electron chi connectivity index (χ3n) is 4.41. The van der Waals surface area contributed by atoms with Crippen LogP contribution in [0.25, 0.3) is 5.69 Å². The summed E-state index contributed by atoms with van der Waals surface area (Å²) in [5.41, 5.74) is 3.34. The Morgan fingerprint density at radius 1 is 1.17 bits per heavy atom. The molecular weight excluding hydrogens is 290 g/mol. The molecule has 1 atom stereocenters. The van der Waals surface area contributed by atoms with Gasteiger partial charge in [-0.05, 0) is 51.3 Å². The number of aryl methyl sites for hydroxylation is 1. The number of aromatic nitrogens is 1. The van der Waals surface area contributed by atoms with E-state index in [9.17, 15) is 9.59 Å². The van der Waals surface area contributed by atoms with Crippen molar-refractivity contribution in [1.82, 2.24) is 4.57 Å². The van der Waals surface area contributed by atoms with Crippen LogP contribution in [-0.4, -0.2) is 22.4 Å². The summed E-state index contributed by atoms with van der Waals surface area (Å²) in [5, 5.41) is 0. The van der Waals surface area contributed by atoms with Crippen molar-refractivity contribution >= 4 is 11.8 Å². The molecule has 120 valence electrons. The molecule has 0 amide bonds. The lowest BCUT2D eigenvalue weighted by molar-refractivity contribution is -0.129. The van der Waals surface area contributed by atoms with E-state index >= 15 is 0 Å². The number of para-hydroxylation sites is 1. The molecule has 0 radical (unpaired) electrons. The Hall–Kier alpha value is -2.36. The van der Waals surface area contributed by atoms with Crippen molar-refractivity contribution in [1.29, 1.82) is 0 Å². The molecule has 1 saturated carbocycles. The van der Waals surface area contributed by atoms with Crippen LogP contribution in [0, 0.1) is 13.8 Å². The van der Waals surface area contributed by atoms with E-state index in [1.165, 1.54) is 0 Å². The number of hydrogen-bond acceptors (Lipinski definition) is 3. The summed E-state index contributed by atoms with van der Waals surface area (Å²) in [4.78, 5) is 24.3. The van der Waals surface area contributed by atoms with Gasteiger partial charge >= 0.3 is 5.97 Å². The topological polar surface area (TPSA) is 48.3 Å². The number of benzene rings is 1. The molecule has 1 aromatic carbocycles. The second kappa shape index (κ2) is 6.41. The van der Waals surface area contributed by atoms with E-state index in [-0.39, 0.29) is 5.78 Å². The van der Waals surface area contributed by atoms with Crippen LogP contribution in [0.1, 0.15) is 47.4 Å². The van der Waals surface area contributed by atoms with Crippen molar-refractivity contribution in [3.8, 4) is 5.69 Å². The summed E-state index contributed by atoms with van der Waals surface area (Å²) in [7, 11) is 0. The van der Waals surface area contributed by atoms with Crippen LogP contribution in [0.3, 0.4) is 0 Å². The van der Waals surface area contributed by atoms with E-state index in [1.54, 1.807) is 0 Å². The Labute approximate surface area is 136 Å². The van der Waals surface area contributed by atoms with Gasteiger partial charge in [0.1, 0.15) is 0 Å². The number of rotatable bonds is 3. The maximum Gasteiger partial charge on any atom is 0.340 e. The second-order valence-electron chi connectivity index (χ2n) is 6.06. The molecule has 3 rings (SSSR count). The maximum absolute atomic E-state index is 12.5. The first-order valence-corrected chi connectivity index (χ1v) is 8.06. The van der Waals surface area contributed by atoms with Gasteiger partial charge < -0.3 is 9.30 Å². The molecule has 0 aliphatic heterocycles. The van der Waals surface area contributed by atoms with E-state index in [2.05, 4.69) is 0 Å². The van der Waals surface area contributed by atoms with Gasteiger partial charge in [0, 0.05) is 23.5 Å². The largest absolute Gasteiger partial charge is 0.451 e. The van der Waals surface area contributed by atoms with Crippen molar-refractivity contribution < 1.29 is 14.3 Å². The van der Waals surface area contributed by atoms with Crippen molar-refractivity contribution in [2.75, 3.05) is 0 Å². The molecule has 0 spiro atoms. The number of nitrogens with zero attached hydrogens (tertiary/aromatic N) is 1. The molecule has 4 heteroatoms. The molecule has 1 fully saturated rings. The standard InChI is InChI=1S/C19H21NO3/c1-13-12-16(14(2)20(13)15-8-4-3-5-9-15)19(22)23-18-11-7-6-10-17(18)21/h3-5,8-9,12,18H,6-7,10-11H2,1-2H3. The first-order chi connectivity index (χ1) is 11.1. The zero-order chi connectivity index (χ0) is 16.4. The highest BCUT2D eigenvalue weighted by Gasteiger charge is 2.27. The Bertz CT molecular complexity index is 731. The lowest BCUT2D eigenvalue weighted by atomic mass is 9.96. The molecular formula is C19H21NO3. The summed E-state index contributed by atoms with van der Waals surface area (Å²) in [6.45, 7) is 3.86. The van der Waals surface area contributed by atoms with Crippen LogP contribution >= 0.6 is 0 Å². The summed E-state index contributed by atoms with van der Waals surface area (Å²) >= 11 is 0. The average molecular weight is 311 g/mol. The molecule has 1 aromatic heterocycles. The highest BCUT2D eigenvalue weighted by atomic mass is 16.5. The van der Waals surface area contributed by atoms with E-state index in [0.717, 1.165) is 29.9 Å². The van der Waals surface area contributed by atoms with Gasteiger partial charge in [-0.25, -0.2) is 4.79 Å². The van der Waals surface area contributed by atoms with Crippen molar-refractivity contribution in [2.24, 2.45) is 0 Å². The fraction of sp³-hybridized carbons (Fsp3) is 0.368. The second-order valence-corrected chi connectivity index (χ2v) is 6.06. The maximum atomic E-state index is 12.5. The van der Waals surface area contributed by atoms with Gasteiger partial charge in [0.25, 0.3) is 0 Å².